The number of alkyl halides is 3. The monoisotopic (exact) mass is 433 g/mol. The summed E-state index contributed by atoms with van der Waals surface area (Å²) in [6, 6.07) is 13.9. The van der Waals surface area contributed by atoms with Crippen LogP contribution in [0.25, 0.3) is 10.9 Å². The Kier molecular flexibility index (Phi) is 6.16. The van der Waals surface area contributed by atoms with Gasteiger partial charge >= 0.3 is 6.18 Å². The van der Waals surface area contributed by atoms with Crippen molar-refractivity contribution in [2.24, 2.45) is 0 Å². The Bertz CT molecular complexity index is 997. The topological polar surface area (TPSA) is 37.0 Å². The van der Waals surface area contributed by atoms with Crippen LogP contribution in [-0.2, 0) is 12.7 Å². The Morgan fingerprint density at radius 1 is 0.933 bits per heavy atom. The summed E-state index contributed by atoms with van der Waals surface area (Å²) in [7, 11) is 0. The molecular weight excluding hydrogens is 411 g/mol. The molecule has 1 saturated carbocycles. The van der Waals surface area contributed by atoms with Gasteiger partial charge in [-0.15, -0.1) is 0 Å². The van der Waals surface area contributed by atoms with Crippen LogP contribution in [0.2, 0.25) is 5.02 Å². The van der Waals surface area contributed by atoms with Gasteiger partial charge in [-0.1, -0.05) is 23.7 Å². The minimum Gasteiger partial charge on any atom is -0.382 e. The van der Waals surface area contributed by atoms with E-state index in [4.69, 9.17) is 11.6 Å². The molecule has 0 unspecified atom stereocenters. The molecule has 2 N–H and O–H groups in total. The molecule has 3 aromatic rings. The summed E-state index contributed by atoms with van der Waals surface area (Å²) >= 11 is 6.06. The summed E-state index contributed by atoms with van der Waals surface area (Å²) in [6.07, 6.45) is 1.60. The smallest absolute Gasteiger partial charge is 0.382 e. The molecule has 2 aromatic carbocycles. The molecule has 0 radical (unpaired) electrons. The van der Waals surface area contributed by atoms with E-state index in [1.807, 2.05) is 24.3 Å². The minimum atomic E-state index is -4.29. The maximum absolute atomic E-state index is 12.7. The van der Waals surface area contributed by atoms with Gasteiger partial charge < -0.3 is 10.6 Å². The maximum atomic E-state index is 12.7. The minimum absolute atomic E-state index is 0.373. The molecule has 0 bridgehead atoms. The summed E-state index contributed by atoms with van der Waals surface area (Å²) in [5.41, 5.74) is 2.20. The van der Waals surface area contributed by atoms with Crippen LogP contribution in [0.5, 0.6) is 0 Å². The highest BCUT2D eigenvalue weighted by Crippen LogP contribution is 2.30. The molecule has 4 rings (SSSR count). The fourth-order valence-corrected chi connectivity index (χ4v) is 4.15. The molecule has 158 valence electrons. The predicted octanol–water partition coefficient (Wildman–Crippen LogP) is 6.42. The highest BCUT2D eigenvalue weighted by atomic mass is 35.5. The molecule has 0 amide bonds. The molecule has 0 saturated heterocycles. The van der Waals surface area contributed by atoms with Gasteiger partial charge in [-0.05, 0) is 67.6 Å². The zero-order valence-electron chi connectivity index (χ0n) is 16.3. The third-order valence-corrected chi connectivity index (χ3v) is 5.90. The van der Waals surface area contributed by atoms with Crippen molar-refractivity contribution in [2.45, 2.75) is 50.5 Å². The van der Waals surface area contributed by atoms with Crippen LogP contribution in [0.15, 0.2) is 54.7 Å². The third kappa shape index (κ3) is 5.05. The number of aromatic nitrogens is 1. The van der Waals surface area contributed by atoms with E-state index in [9.17, 15) is 13.2 Å². The lowest BCUT2D eigenvalue weighted by Gasteiger charge is -2.30. The molecule has 7 heteroatoms. The molecule has 1 fully saturated rings. The lowest BCUT2D eigenvalue weighted by molar-refractivity contribution is -0.137. The quantitative estimate of drug-likeness (QED) is 0.487. The van der Waals surface area contributed by atoms with Crippen molar-refractivity contribution in [2.75, 3.05) is 5.32 Å². The SMILES string of the molecule is FC(F)(F)c1ccc(CN[C@H]2CC[C@@H](Nc3ccnc4cc(Cl)ccc34)CC2)cc1. The Hall–Kier alpha value is -2.31. The summed E-state index contributed by atoms with van der Waals surface area (Å²) in [5.74, 6) is 0. The van der Waals surface area contributed by atoms with Crippen molar-refractivity contribution in [3.8, 4) is 0 Å². The van der Waals surface area contributed by atoms with Crippen LogP contribution in [-0.4, -0.2) is 17.1 Å². The number of benzene rings is 2. The highest BCUT2D eigenvalue weighted by Gasteiger charge is 2.30. The van der Waals surface area contributed by atoms with E-state index in [1.165, 1.54) is 0 Å². The number of hydrogen-bond donors (Lipinski definition) is 2. The van der Waals surface area contributed by atoms with Gasteiger partial charge in [0.1, 0.15) is 0 Å². The van der Waals surface area contributed by atoms with Crippen LogP contribution in [0.4, 0.5) is 18.9 Å². The van der Waals surface area contributed by atoms with Gasteiger partial charge in [-0.3, -0.25) is 4.98 Å². The van der Waals surface area contributed by atoms with E-state index >= 15 is 0 Å². The normalized spacial score (nSPS) is 19.7. The Morgan fingerprint density at radius 2 is 1.63 bits per heavy atom. The van der Waals surface area contributed by atoms with Crippen molar-refractivity contribution >= 4 is 28.2 Å². The fraction of sp³-hybridized carbons (Fsp3) is 0.348. The van der Waals surface area contributed by atoms with E-state index in [2.05, 4.69) is 15.6 Å². The third-order valence-electron chi connectivity index (χ3n) is 5.67. The molecule has 0 spiro atoms. The molecule has 3 nitrogen and oxygen atoms in total. The van der Waals surface area contributed by atoms with Gasteiger partial charge in [0, 0.05) is 40.9 Å². The van der Waals surface area contributed by atoms with Gasteiger partial charge in [0.2, 0.25) is 0 Å². The zero-order chi connectivity index (χ0) is 21.1. The first-order valence-corrected chi connectivity index (χ1v) is 10.5. The second kappa shape index (κ2) is 8.82. The zero-order valence-corrected chi connectivity index (χ0v) is 17.1. The fourth-order valence-electron chi connectivity index (χ4n) is 3.98. The number of fused-ring (bicyclic) bond motifs is 1. The number of nitrogens with one attached hydrogen (secondary N) is 2. The average Bonchev–Trinajstić information content (AvgIpc) is 2.73. The van der Waals surface area contributed by atoms with Crippen LogP contribution in [0.3, 0.4) is 0 Å². The second-order valence-electron chi connectivity index (χ2n) is 7.79. The highest BCUT2D eigenvalue weighted by molar-refractivity contribution is 6.31. The largest absolute Gasteiger partial charge is 0.416 e. The Labute approximate surface area is 178 Å². The molecule has 1 aliphatic rings. The average molecular weight is 434 g/mol. The number of halogens is 4. The number of rotatable bonds is 5. The maximum Gasteiger partial charge on any atom is 0.416 e. The molecule has 30 heavy (non-hydrogen) atoms. The molecule has 1 aliphatic carbocycles. The number of anilines is 1. The first-order valence-electron chi connectivity index (χ1n) is 10.1. The van der Waals surface area contributed by atoms with Crippen molar-refractivity contribution in [3.63, 3.8) is 0 Å². The first kappa shape index (κ1) is 20.9. The standard InChI is InChI=1S/C23H23ClF3N3/c24-17-5-10-20-21(11-12-28-22(20)13-17)30-19-8-6-18(7-9-19)29-14-15-1-3-16(4-2-15)23(25,26)27/h1-5,10-13,18-19,29H,6-9,14H2,(H,28,30)/t18-,19+. The lowest BCUT2D eigenvalue weighted by atomic mass is 9.90. The van der Waals surface area contributed by atoms with E-state index in [-0.39, 0.29) is 0 Å². The first-order chi connectivity index (χ1) is 14.4. The predicted molar refractivity (Wildman–Crippen MR) is 115 cm³/mol. The van der Waals surface area contributed by atoms with Crippen LogP contribution in [0, 0.1) is 0 Å². The van der Waals surface area contributed by atoms with Crippen molar-refractivity contribution in [1.82, 2.24) is 10.3 Å². The molecule has 0 atom stereocenters. The van der Waals surface area contributed by atoms with Gasteiger partial charge in [-0.2, -0.15) is 13.2 Å². The molecule has 0 aliphatic heterocycles. The number of pyridine rings is 1. The van der Waals surface area contributed by atoms with E-state index in [1.54, 1.807) is 18.3 Å². The van der Waals surface area contributed by atoms with E-state index < -0.39 is 11.7 Å². The van der Waals surface area contributed by atoms with Crippen LogP contribution in [0.1, 0.15) is 36.8 Å². The van der Waals surface area contributed by atoms with Crippen molar-refractivity contribution < 1.29 is 13.2 Å². The molecular formula is C23H23ClF3N3. The Balaban J connectivity index is 1.28. The summed E-state index contributed by atoms with van der Waals surface area (Å²) < 4.78 is 38.0. The van der Waals surface area contributed by atoms with Gasteiger partial charge in [0.25, 0.3) is 0 Å². The second-order valence-corrected chi connectivity index (χ2v) is 8.22. The molecule has 1 aromatic heterocycles. The van der Waals surface area contributed by atoms with Crippen LogP contribution < -0.4 is 10.6 Å². The number of hydrogen-bond acceptors (Lipinski definition) is 3. The van der Waals surface area contributed by atoms with E-state index in [0.717, 1.165) is 60.0 Å². The lowest BCUT2D eigenvalue weighted by Crippen LogP contribution is -2.36. The summed E-state index contributed by atoms with van der Waals surface area (Å²) in [4.78, 5) is 4.38. The molecule has 1 heterocycles. The summed E-state index contributed by atoms with van der Waals surface area (Å²) in [5, 5.41) is 8.86. The van der Waals surface area contributed by atoms with Gasteiger partial charge in [0.05, 0.1) is 11.1 Å². The summed E-state index contributed by atoms with van der Waals surface area (Å²) in [6.45, 7) is 0.580. The van der Waals surface area contributed by atoms with Gasteiger partial charge in [-0.25, -0.2) is 0 Å². The van der Waals surface area contributed by atoms with Crippen molar-refractivity contribution in [3.05, 3.63) is 70.9 Å². The van der Waals surface area contributed by atoms with Crippen LogP contribution >= 0.6 is 11.6 Å². The van der Waals surface area contributed by atoms with Gasteiger partial charge in [0.15, 0.2) is 0 Å². The van der Waals surface area contributed by atoms with E-state index in [0.29, 0.717) is 23.7 Å². The Morgan fingerprint density at radius 3 is 2.33 bits per heavy atom. The number of nitrogens with zero attached hydrogens (tertiary/aromatic N) is 1. The van der Waals surface area contributed by atoms with Crippen molar-refractivity contribution in [1.29, 1.82) is 0 Å².